The molecule has 0 aromatic heterocycles. The molecule has 0 bridgehead atoms. The average Bonchev–Trinajstić information content (AvgIpc) is 3.16. The molecule has 124 valence electrons. The van der Waals surface area contributed by atoms with Gasteiger partial charge in [-0.1, -0.05) is 24.3 Å². The molecule has 2 aromatic carbocycles. The van der Waals surface area contributed by atoms with Crippen LogP contribution in [0.1, 0.15) is 10.1 Å². The van der Waals surface area contributed by atoms with E-state index in [-0.39, 0.29) is 6.61 Å². The SMILES string of the molecule is O=C(Oc1ccc(C2SCCS2)cc1)[C@H]1COc2ccccc2O1. The number of para-hydroxylation sites is 2. The third-order valence-electron chi connectivity index (χ3n) is 3.76. The highest BCUT2D eigenvalue weighted by atomic mass is 32.2. The van der Waals surface area contributed by atoms with E-state index in [2.05, 4.69) is 0 Å². The first-order chi connectivity index (χ1) is 11.8. The number of benzene rings is 2. The van der Waals surface area contributed by atoms with Gasteiger partial charge < -0.3 is 14.2 Å². The van der Waals surface area contributed by atoms with Gasteiger partial charge in [0, 0.05) is 11.5 Å². The van der Waals surface area contributed by atoms with Crippen molar-refractivity contribution in [3.8, 4) is 17.2 Å². The minimum Gasteiger partial charge on any atom is -0.485 e. The van der Waals surface area contributed by atoms with Crippen LogP contribution in [0, 0.1) is 0 Å². The summed E-state index contributed by atoms with van der Waals surface area (Å²) in [6.45, 7) is 0.156. The number of rotatable bonds is 3. The summed E-state index contributed by atoms with van der Waals surface area (Å²) in [5.41, 5.74) is 1.26. The van der Waals surface area contributed by atoms with Gasteiger partial charge in [-0.15, -0.1) is 23.5 Å². The minimum atomic E-state index is -0.750. The van der Waals surface area contributed by atoms with E-state index < -0.39 is 12.1 Å². The molecule has 2 aromatic rings. The molecule has 4 nitrogen and oxygen atoms in total. The van der Waals surface area contributed by atoms with Crippen LogP contribution in [0.3, 0.4) is 0 Å². The summed E-state index contributed by atoms with van der Waals surface area (Å²) in [4.78, 5) is 12.3. The maximum absolute atomic E-state index is 12.3. The highest BCUT2D eigenvalue weighted by Gasteiger charge is 2.29. The van der Waals surface area contributed by atoms with Crippen molar-refractivity contribution in [2.45, 2.75) is 10.7 Å². The Labute approximate surface area is 148 Å². The minimum absolute atomic E-state index is 0.156. The summed E-state index contributed by atoms with van der Waals surface area (Å²) in [7, 11) is 0. The van der Waals surface area contributed by atoms with Crippen molar-refractivity contribution in [2.75, 3.05) is 18.1 Å². The molecule has 0 aliphatic carbocycles. The normalized spacial score (nSPS) is 19.9. The van der Waals surface area contributed by atoms with E-state index in [4.69, 9.17) is 14.2 Å². The number of ether oxygens (including phenoxy) is 3. The van der Waals surface area contributed by atoms with Crippen LogP contribution in [0.4, 0.5) is 0 Å². The number of esters is 1. The fourth-order valence-electron chi connectivity index (χ4n) is 2.56. The van der Waals surface area contributed by atoms with Crippen LogP contribution in [0.5, 0.6) is 17.2 Å². The number of carbonyl (C=O) groups is 1. The van der Waals surface area contributed by atoms with E-state index in [1.807, 2.05) is 66.0 Å². The zero-order valence-corrected chi connectivity index (χ0v) is 14.5. The lowest BCUT2D eigenvalue weighted by atomic mass is 10.2. The third-order valence-corrected chi connectivity index (χ3v) is 6.87. The monoisotopic (exact) mass is 360 g/mol. The second kappa shape index (κ2) is 6.99. The first kappa shape index (κ1) is 15.7. The van der Waals surface area contributed by atoms with Gasteiger partial charge in [-0.3, -0.25) is 0 Å². The Hall–Kier alpha value is -1.79. The Bertz CT molecular complexity index is 726. The highest BCUT2D eigenvalue weighted by Crippen LogP contribution is 2.45. The largest absolute Gasteiger partial charge is 0.485 e. The third kappa shape index (κ3) is 3.35. The van der Waals surface area contributed by atoms with Gasteiger partial charge >= 0.3 is 5.97 Å². The fraction of sp³-hybridized carbons (Fsp3) is 0.278. The smallest absolute Gasteiger partial charge is 0.356 e. The zero-order chi connectivity index (χ0) is 16.4. The van der Waals surface area contributed by atoms with E-state index in [1.165, 1.54) is 17.1 Å². The summed E-state index contributed by atoms with van der Waals surface area (Å²) in [6, 6.07) is 15.0. The summed E-state index contributed by atoms with van der Waals surface area (Å²) < 4.78 is 17.1. The second-order valence-corrected chi connectivity index (χ2v) is 8.15. The lowest BCUT2D eigenvalue weighted by Crippen LogP contribution is -2.39. The number of carbonyl (C=O) groups excluding carboxylic acids is 1. The van der Waals surface area contributed by atoms with Crippen LogP contribution in [0.25, 0.3) is 0 Å². The fourth-order valence-corrected chi connectivity index (χ4v) is 5.42. The molecule has 6 heteroatoms. The van der Waals surface area contributed by atoms with Crippen LogP contribution < -0.4 is 14.2 Å². The number of thioether (sulfide) groups is 2. The van der Waals surface area contributed by atoms with Crippen molar-refractivity contribution in [1.82, 2.24) is 0 Å². The van der Waals surface area contributed by atoms with Gasteiger partial charge in [0.15, 0.2) is 11.5 Å². The lowest BCUT2D eigenvalue weighted by Gasteiger charge is -2.24. The molecule has 0 unspecified atom stereocenters. The van der Waals surface area contributed by atoms with Crippen LogP contribution in [-0.2, 0) is 4.79 Å². The molecule has 0 saturated carbocycles. The van der Waals surface area contributed by atoms with Crippen LogP contribution >= 0.6 is 23.5 Å². The predicted molar refractivity (Wildman–Crippen MR) is 96.1 cm³/mol. The lowest BCUT2D eigenvalue weighted by molar-refractivity contribution is -0.144. The highest BCUT2D eigenvalue weighted by molar-refractivity contribution is 8.19. The standard InChI is InChI=1S/C18H16O4S2/c19-17(16-11-20-14-3-1-2-4-15(14)22-16)21-13-7-5-12(6-8-13)18-23-9-10-24-18/h1-8,16,18H,9-11H2/t16-/m1/s1. The van der Waals surface area contributed by atoms with Gasteiger partial charge in [-0.25, -0.2) is 4.79 Å². The van der Waals surface area contributed by atoms with E-state index >= 15 is 0 Å². The Morgan fingerprint density at radius 3 is 2.46 bits per heavy atom. The molecule has 2 aliphatic rings. The van der Waals surface area contributed by atoms with E-state index in [0.717, 1.165) is 0 Å². The second-order valence-electron chi connectivity index (χ2n) is 5.43. The van der Waals surface area contributed by atoms with E-state index in [1.54, 1.807) is 6.07 Å². The van der Waals surface area contributed by atoms with Gasteiger partial charge in [0.2, 0.25) is 6.10 Å². The summed E-state index contributed by atoms with van der Waals surface area (Å²) in [6.07, 6.45) is -0.750. The van der Waals surface area contributed by atoms with Crippen molar-refractivity contribution in [3.05, 3.63) is 54.1 Å². The Morgan fingerprint density at radius 1 is 1.00 bits per heavy atom. The van der Waals surface area contributed by atoms with Crippen molar-refractivity contribution in [1.29, 1.82) is 0 Å². The molecule has 0 amide bonds. The average molecular weight is 360 g/mol. The Morgan fingerprint density at radius 2 is 1.71 bits per heavy atom. The molecule has 0 spiro atoms. The van der Waals surface area contributed by atoms with Crippen LogP contribution in [0.15, 0.2) is 48.5 Å². The molecule has 2 heterocycles. The Kier molecular flexibility index (Phi) is 4.58. The summed E-state index contributed by atoms with van der Waals surface area (Å²) >= 11 is 3.90. The van der Waals surface area contributed by atoms with E-state index in [9.17, 15) is 4.79 Å². The first-order valence-electron chi connectivity index (χ1n) is 7.73. The summed E-state index contributed by atoms with van der Waals surface area (Å²) in [5, 5.41) is 0. The number of hydrogen-bond acceptors (Lipinski definition) is 6. The van der Waals surface area contributed by atoms with Crippen molar-refractivity contribution in [2.24, 2.45) is 0 Å². The molecular weight excluding hydrogens is 344 g/mol. The van der Waals surface area contributed by atoms with Gasteiger partial charge in [0.25, 0.3) is 0 Å². The summed E-state index contributed by atoms with van der Waals surface area (Å²) in [5.74, 6) is 3.67. The molecule has 0 N–H and O–H groups in total. The zero-order valence-electron chi connectivity index (χ0n) is 12.8. The molecule has 24 heavy (non-hydrogen) atoms. The molecule has 1 atom stereocenters. The first-order valence-corrected chi connectivity index (χ1v) is 9.83. The van der Waals surface area contributed by atoms with Gasteiger partial charge in [0.05, 0.1) is 4.58 Å². The quantitative estimate of drug-likeness (QED) is 0.611. The number of hydrogen-bond donors (Lipinski definition) is 0. The van der Waals surface area contributed by atoms with Gasteiger partial charge in [0.1, 0.15) is 12.4 Å². The molecule has 2 aliphatic heterocycles. The Balaban J connectivity index is 1.39. The van der Waals surface area contributed by atoms with Crippen molar-refractivity contribution in [3.63, 3.8) is 0 Å². The predicted octanol–water partition coefficient (Wildman–Crippen LogP) is 3.91. The van der Waals surface area contributed by atoms with Crippen LogP contribution in [0.2, 0.25) is 0 Å². The molecule has 4 rings (SSSR count). The van der Waals surface area contributed by atoms with Gasteiger partial charge in [-0.2, -0.15) is 0 Å². The molecular formula is C18H16O4S2. The topological polar surface area (TPSA) is 44.8 Å². The van der Waals surface area contributed by atoms with Gasteiger partial charge in [-0.05, 0) is 29.8 Å². The van der Waals surface area contributed by atoms with Crippen molar-refractivity contribution >= 4 is 29.5 Å². The number of fused-ring (bicyclic) bond motifs is 1. The maximum atomic E-state index is 12.3. The molecule has 1 fully saturated rings. The maximum Gasteiger partial charge on any atom is 0.356 e. The molecule has 0 radical (unpaired) electrons. The van der Waals surface area contributed by atoms with Crippen LogP contribution in [-0.4, -0.2) is 30.2 Å². The van der Waals surface area contributed by atoms with Crippen molar-refractivity contribution < 1.29 is 19.0 Å². The van der Waals surface area contributed by atoms with E-state index in [0.29, 0.717) is 21.8 Å². The molecule has 1 saturated heterocycles.